The van der Waals surface area contributed by atoms with Gasteiger partial charge in [0, 0.05) is 6.42 Å². The van der Waals surface area contributed by atoms with E-state index in [1.807, 2.05) is 0 Å². The highest BCUT2D eigenvalue weighted by molar-refractivity contribution is 6.32. The van der Waals surface area contributed by atoms with Gasteiger partial charge in [0.1, 0.15) is 5.75 Å². The molecule has 2 nitrogen and oxygen atoms in total. The quantitative estimate of drug-likeness (QED) is 0.827. The molecular weight excluding hydrogens is 245 g/mol. The highest BCUT2D eigenvalue weighted by Gasteiger charge is 2.37. The molecule has 0 aromatic heterocycles. The van der Waals surface area contributed by atoms with E-state index in [0.717, 1.165) is 0 Å². The fraction of sp³-hybridized carbons (Fsp3) is 0.300. The third-order valence-corrected chi connectivity index (χ3v) is 2.19. The molecule has 0 saturated heterocycles. The van der Waals surface area contributed by atoms with Crippen molar-refractivity contribution in [1.29, 1.82) is 0 Å². The Kier molecular flexibility index (Phi) is 3.80. The number of ether oxygens (including phenoxy) is 1. The first-order valence-corrected chi connectivity index (χ1v) is 4.65. The zero-order chi connectivity index (χ0) is 12.3. The van der Waals surface area contributed by atoms with Crippen LogP contribution in [0.4, 0.5) is 13.2 Å². The summed E-state index contributed by atoms with van der Waals surface area (Å²) < 4.78 is 40.8. The normalized spacial score (nSPS) is 11.3. The molecule has 0 unspecified atom stereocenters. The van der Waals surface area contributed by atoms with E-state index < -0.39 is 18.4 Å². The first-order chi connectivity index (χ1) is 7.34. The van der Waals surface area contributed by atoms with Gasteiger partial charge < -0.3 is 4.74 Å². The van der Waals surface area contributed by atoms with E-state index in [1.54, 1.807) is 0 Å². The van der Waals surface area contributed by atoms with E-state index in [1.165, 1.54) is 25.3 Å². The van der Waals surface area contributed by atoms with Gasteiger partial charge in [0.15, 0.2) is 0 Å². The number of carbonyl (C=O) groups excluding carboxylic acids is 1. The summed E-state index contributed by atoms with van der Waals surface area (Å²) in [6.45, 7) is 0. The van der Waals surface area contributed by atoms with Gasteiger partial charge in [-0.05, 0) is 17.7 Å². The molecule has 0 radical (unpaired) electrons. The van der Waals surface area contributed by atoms with E-state index in [4.69, 9.17) is 16.3 Å². The number of ketones is 1. The average Bonchev–Trinajstić information content (AvgIpc) is 2.16. The van der Waals surface area contributed by atoms with E-state index in [2.05, 4.69) is 0 Å². The lowest BCUT2D eigenvalue weighted by atomic mass is 10.1. The van der Waals surface area contributed by atoms with Crippen molar-refractivity contribution in [3.63, 3.8) is 0 Å². The Morgan fingerprint density at radius 2 is 2.06 bits per heavy atom. The Morgan fingerprint density at radius 1 is 1.44 bits per heavy atom. The van der Waals surface area contributed by atoms with Crippen molar-refractivity contribution in [3.8, 4) is 5.75 Å². The number of hydrogen-bond acceptors (Lipinski definition) is 2. The van der Waals surface area contributed by atoms with Gasteiger partial charge in [-0.1, -0.05) is 17.7 Å². The first kappa shape index (κ1) is 12.8. The summed E-state index contributed by atoms with van der Waals surface area (Å²) in [5.74, 6) is -1.45. The molecule has 1 aromatic rings. The van der Waals surface area contributed by atoms with Gasteiger partial charge in [-0.3, -0.25) is 4.79 Å². The molecule has 0 aliphatic carbocycles. The SMILES string of the molecule is COc1ccc(CC(=O)C(F)(F)F)cc1Cl. The van der Waals surface area contributed by atoms with Gasteiger partial charge in [0.05, 0.1) is 12.1 Å². The third kappa shape index (κ3) is 3.13. The fourth-order valence-electron chi connectivity index (χ4n) is 1.11. The zero-order valence-electron chi connectivity index (χ0n) is 8.27. The molecule has 0 saturated carbocycles. The summed E-state index contributed by atoms with van der Waals surface area (Å²) in [4.78, 5) is 10.7. The Hall–Kier alpha value is -1.23. The lowest BCUT2D eigenvalue weighted by Crippen LogP contribution is -2.24. The summed E-state index contributed by atoms with van der Waals surface area (Å²) in [7, 11) is 1.39. The second kappa shape index (κ2) is 4.74. The van der Waals surface area contributed by atoms with Crippen molar-refractivity contribution >= 4 is 17.4 Å². The number of methoxy groups -OCH3 is 1. The molecule has 0 spiro atoms. The molecule has 0 N–H and O–H groups in total. The minimum atomic E-state index is -4.81. The number of Topliss-reactive ketones (excluding diaryl/α,β-unsaturated/α-hetero) is 1. The summed E-state index contributed by atoms with van der Waals surface area (Å²) >= 11 is 5.71. The van der Waals surface area contributed by atoms with Gasteiger partial charge in [0.2, 0.25) is 5.78 Å². The van der Waals surface area contributed by atoms with Crippen LogP contribution in [0.2, 0.25) is 5.02 Å². The van der Waals surface area contributed by atoms with Crippen LogP contribution in [0.3, 0.4) is 0 Å². The van der Waals surface area contributed by atoms with Crippen LogP contribution >= 0.6 is 11.6 Å². The monoisotopic (exact) mass is 252 g/mol. The minimum absolute atomic E-state index is 0.176. The van der Waals surface area contributed by atoms with Crippen LogP contribution in [0, 0.1) is 0 Å². The fourth-order valence-corrected chi connectivity index (χ4v) is 1.39. The van der Waals surface area contributed by atoms with Crippen molar-refractivity contribution < 1.29 is 22.7 Å². The number of rotatable bonds is 3. The average molecular weight is 253 g/mol. The largest absolute Gasteiger partial charge is 0.495 e. The Balaban J connectivity index is 2.84. The maximum absolute atomic E-state index is 12.0. The van der Waals surface area contributed by atoms with Crippen LogP contribution in [0.15, 0.2) is 18.2 Å². The van der Waals surface area contributed by atoms with Crippen molar-refractivity contribution in [3.05, 3.63) is 28.8 Å². The molecule has 88 valence electrons. The summed E-state index contributed by atoms with van der Waals surface area (Å²) in [5.41, 5.74) is 0.202. The maximum atomic E-state index is 12.0. The number of hydrogen-bond donors (Lipinski definition) is 0. The molecule has 0 heterocycles. The number of alkyl halides is 3. The van der Waals surface area contributed by atoms with Gasteiger partial charge >= 0.3 is 6.18 Å². The van der Waals surface area contributed by atoms with Gasteiger partial charge in [-0.25, -0.2) is 0 Å². The third-order valence-electron chi connectivity index (χ3n) is 1.90. The Bertz CT molecular complexity index is 402. The van der Waals surface area contributed by atoms with Crippen molar-refractivity contribution in [2.75, 3.05) is 7.11 Å². The lowest BCUT2D eigenvalue weighted by molar-refractivity contribution is -0.170. The molecule has 1 aromatic carbocycles. The van der Waals surface area contributed by atoms with E-state index in [0.29, 0.717) is 5.75 Å². The van der Waals surface area contributed by atoms with Crippen LogP contribution in [-0.2, 0) is 11.2 Å². The van der Waals surface area contributed by atoms with Crippen molar-refractivity contribution in [2.45, 2.75) is 12.6 Å². The molecule has 0 aliphatic rings. The molecule has 0 amide bonds. The highest BCUT2D eigenvalue weighted by atomic mass is 35.5. The number of halogens is 4. The second-order valence-electron chi connectivity index (χ2n) is 3.07. The van der Waals surface area contributed by atoms with Crippen LogP contribution in [0.25, 0.3) is 0 Å². The first-order valence-electron chi connectivity index (χ1n) is 4.27. The van der Waals surface area contributed by atoms with E-state index in [9.17, 15) is 18.0 Å². The molecule has 1 rings (SSSR count). The summed E-state index contributed by atoms with van der Waals surface area (Å²) in [6.07, 6.45) is -5.53. The number of carbonyl (C=O) groups is 1. The molecule has 0 fully saturated rings. The number of benzene rings is 1. The molecule has 0 aliphatic heterocycles. The van der Waals surface area contributed by atoms with E-state index in [-0.39, 0.29) is 10.6 Å². The standard InChI is InChI=1S/C10H8ClF3O2/c1-16-8-3-2-6(4-7(8)11)5-9(15)10(12,13)14/h2-4H,5H2,1H3. The Labute approximate surface area is 95.0 Å². The molecule has 16 heavy (non-hydrogen) atoms. The van der Waals surface area contributed by atoms with Crippen molar-refractivity contribution in [1.82, 2.24) is 0 Å². The van der Waals surface area contributed by atoms with Gasteiger partial charge in [-0.15, -0.1) is 0 Å². The maximum Gasteiger partial charge on any atom is 0.450 e. The molecule has 0 atom stereocenters. The highest BCUT2D eigenvalue weighted by Crippen LogP contribution is 2.26. The van der Waals surface area contributed by atoms with Gasteiger partial charge in [-0.2, -0.15) is 13.2 Å². The smallest absolute Gasteiger partial charge is 0.450 e. The predicted octanol–water partition coefficient (Wildman–Crippen LogP) is 3.02. The van der Waals surface area contributed by atoms with Crippen molar-refractivity contribution in [2.24, 2.45) is 0 Å². The van der Waals surface area contributed by atoms with Crippen LogP contribution in [0.5, 0.6) is 5.75 Å². The second-order valence-corrected chi connectivity index (χ2v) is 3.47. The lowest BCUT2D eigenvalue weighted by Gasteiger charge is -2.07. The summed E-state index contributed by atoms with van der Waals surface area (Å²) in [5, 5.41) is 0.176. The molecule has 6 heteroatoms. The molecular formula is C10H8ClF3O2. The van der Waals surface area contributed by atoms with E-state index >= 15 is 0 Å². The van der Waals surface area contributed by atoms with Gasteiger partial charge in [0.25, 0.3) is 0 Å². The topological polar surface area (TPSA) is 26.3 Å². The van der Waals surface area contributed by atoms with Crippen LogP contribution in [0.1, 0.15) is 5.56 Å². The predicted molar refractivity (Wildman–Crippen MR) is 52.8 cm³/mol. The van der Waals surface area contributed by atoms with Crippen LogP contribution < -0.4 is 4.74 Å². The molecule has 0 bridgehead atoms. The minimum Gasteiger partial charge on any atom is -0.495 e. The Morgan fingerprint density at radius 3 is 2.50 bits per heavy atom. The zero-order valence-corrected chi connectivity index (χ0v) is 9.02. The summed E-state index contributed by atoms with van der Waals surface area (Å²) in [6, 6.07) is 4.07. The van der Waals surface area contributed by atoms with Crippen LogP contribution in [-0.4, -0.2) is 19.1 Å².